The summed E-state index contributed by atoms with van der Waals surface area (Å²) in [6.45, 7) is 5.75. The van der Waals surface area contributed by atoms with Gasteiger partial charge in [-0.3, -0.25) is 0 Å². The molecule has 0 radical (unpaired) electrons. The molecular formula is C12H16O2. The lowest BCUT2D eigenvalue weighted by atomic mass is 9.98. The third-order valence-electron chi connectivity index (χ3n) is 2.75. The molecule has 0 aliphatic carbocycles. The number of rotatable bonds is 2. The Morgan fingerprint density at radius 2 is 1.93 bits per heavy atom. The van der Waals surface area contributed by atoms with Crippen LogP contribution in [0.3, 0.4) is 0 Å². The lowest BCUT2D eigenvalue weighted by Crippen LogP contribution is -2.15. The Kier molecular flexibility index (Phi) is 2.62. The summed E-state index contributed by atoms with van der Waals surface area (Å²) < 4.78 is 11.0. The fourth-order valence-electron chi connectivity index (χ4n) is 1.60. The molecule has 1 aromatic rings. The second kappa shape index (κ2) is 3.91. The van der Waals surface area contributed by atoms with Crippen LogP contribution in [0.4, 0.5) is 0 Å². The average Bonchev–Trinajstić information content (AvgIpc) is 2.27. The lowest BCUT2D eigenvalue weighted by Gasteiger charge is -2.20. The summed E-state index contributed by atoms with van der Waals surface area (Å²) in [5.74, 6) is 2.36. The topological polar surface area (TPSA) is 18.5 Å². The van der Waals surface area contributed by atoms with Crippen LogP contribution in [0, 0.1) is 0 Å². The van der Waals surface area contributed by atoms with Crippen molar-refractivity contribution in [2.75, 3.05) is 13.2 Å². The SMILES string of the molecule is CC[C@H](C)c1ccc2c(c1)OCCO2. The van der Waals surface area contributed by atoms with Crippen LogP contribution < -0.4 is 9.47 Å². The van der Waals surface area contributed by atoms with Gasteiger partial charge in [0.1, 0.15) is 13.2 Å². The highest BCUT2D eigenvalue weighted by molar-refractivity contribution is 5.44. The molecule has 0 N–H and O–H groups in total. The van der Waals surface area contributed by atoms with E-state index in [0.29, 0.717) is 19.1 Å². The van der Waals surface area contributed by atoms with E-state index in [2.05, 4.69) is 26.0 Å². The largest absolute Gasteiger partial charge is 0.486 e. The van der Waals surface area contributed by atoms with Gasteiger partial charge in [-0.25, -0.2) is 0 Å². The molecule has 0 unspecified atom stereocenters. The van der Waals surface area contributed by atoms with Crippen LogP contribution >= 0.6 is 0 Å². The third kappa shape index (κ3) is 1.69. The molecule has 0 spiro atoms. The predicted molar refractivity (Wildman–Crippen MR) is 56.1 cm³/mol. The second-order valence-electron chi connectivity index (χ2n) is 3.71. The Hall–Kier alpha value is -1.18. The number of hydrogen-bond donors (Lipinski definition) is 0. The molecule has 1 aromatic carbocycles. The number of fused-ring (bicyclic) bond motifs is 1. The van der Waals surface area contributed by atoms with Crippen LogP contribution in [0.1, 0.15) is 31.7 Å². The number of hydrogen-bond acceptors (Lipinski definition) is 2. The molecule has 0 bridgehead atoms. The molecule has 2 nitrogen and oxygen atoms in total. The van der Waals surface area contributed by atoms with Crippen molar-refractivity contribution in [3.05, 3.63) is 23.8 Å². The molecule has 1 aliphatic heterocycles. The van der Waals surface area contributed by atoms with E-state index in [9.17, 15) is 0 Å². The molecule has 2 heteroatoms. The van der Waals surface area contributed by atoms with Crippen molar-refractivity contribution < 1.29 is 9.47 Å². The first-order valence-electron chi connectivity index (χ1n) is 5.21. The fourth-order valence-corrected chi connectivity index (χ4v) is 1.60. The number of ether oxygens (including phenoxy) is 2. The maximum Gasteiger partial charge on any atom is 0.161 e. The third-order valence-corrected chi connectivity index (χ3v) is 2.75. The molecule has 14 heavy (non-hydrogen) atoms. The minimum absolute atomic E-state index is 0.589. The standard InChI is InChI=1S/C12H16O2/c1-3-9(2)10-4-5-11-12(8-10)14-7-6-13-11/h4-5,8-9H,3,6-7H2,1-2H3/t9-/m0/s1. The summed E-state index contributed by atoms with van der Waals surface area (Å²) >= 11 is 0. The molecule has 0 amide bonds. The summed E-state index contributed by atoms with van der Waals surface area (Å²) in [7, 11) is 0. The highest BCUT2D eigenvalue weighted by Crippen LogP contribution is 2.33. The maximum atomic E-state index is 5.53. The van der Waals surface area contributed by atoms with Crippen LogP contribution in [-0.4, -0.2) is 13.2 Å². The van der Waals surface area contributed by atoms with E-state index in [1.807, 2.05) is 6.07 Å². The zero-order valence-electron chi connectivity index (χ0n) is 8.75. The van der Waals surface area contributed by atoms with Crippen LogP contribution in [-0.2, 0) is 0 Å². The Balaban J connectivity index is 2.29. The molecule has 76 valence electrons. The fraction of sp³-hybridized carbons (Fsp3) is 0.500. The predicted octanol–water partition coefficient (Wildman–Crippen LogP) is 2.97. The maximum absolute atomic E-state index is 5.53. The van der Waals surface area contributed by atoms with E-state index in [0.717, 1.165) is 17.9 Å². The van der Waals surface area contributed by atoms with Gasteiger partial charge in [0, 0.05) is 0 Å². The van der Waals surface area contributed by atoms with Gasteiger partial charge in [0.25, 0.3) is 0 Å². The Bertz CT molecular complexity index is 320. The van der Waals surface area contributed by atoms with Crippen molar-refractivity contribution in [2.24, 2.45) is 0 Å². The van der Waals surface area contributed by atoms with Gasteiger partial charge < -0.3 is 9.47 Å². The Labute approximate surface area is 84.8 Å². The molecule has 0 saturated carbocycles. The first-order chi connectivity index (χ1) is 6.81. The van der Waals surface area contributed by atoms with Gasteiger partial charge in [0.15, 0.2) is 11.5 Å². The van der Waals surface area contributed by atoms with Crippen molar-refractivity contribution in [1.29, 1.82) is 0 Å². The van der Waals surface area contributed by atoms with Crippen molar-refractivity contribution >= 4 is 0 Å². The zero-order chi connectivity index (χ0) is 9.97. The van der Waals surface area contributed by atoms with Gasteiger partial charge >= 0.3 is 0 Å². The normalized spacial score (nSPS) is 16.4. The minimum Gasteiger partial charge on any atom is -0.486 e. The first-order valence-corrected chi connectivity index (χ1v) is 5.21. The van der Waals surface area contributed by atoms with Crippen molar-refractivity contribution in [1.82, 2.24) is 0 Å². The van der Waals surface area contributed by atoms with E-state index >= 15 is 0 Å². The highest BCUT2D eigenvalue weighted by atomic mass is 16.6. The average molecular weight is 192 g/mol. The Morgan fingerprint density at radius 1 is 1.21 bits per heavy atom. The number of benzene rings is 1. The molecule has 1 heterocycles. The quantitative estimate of drug-likeness (QED) is 0.717. The molecular weight excluding hydrogens is 176 g/mol. The summed E-state index contributed by atoms with van der Waals surface area (Å²) in [6.07, 6.45) is 1.15. The van der Waals surface area contributed by atoms with Gasteiger partial charge in [-0.05, 0) is 30.0 Å². The second-order valence-corrected chi connectivity index (χ2v) is 3.71. The van der Waals surface area contributed by atoms with Crippen molar-refractivity contribution in [3.63, 3.8) is 0 Å². The first kappa shape index (κ1) is 9.38. The Morgan fingerprint density at radius 3 is 2.64 bits per heavy atom. The summed E-state index contributed by atoms with van der Waals surface area (Å²) in [5.41, 5.74) is 1.33. The van der Waals surface area contributed by atoms with E-state index in [4.69, 9.17) is 9.47 Å². The van der Waals surface area contributed by atoms with Gasteiger partial charge in [-0.2, -0.15) is 0 Å². The van der Waals surface area contributed by atoms with Crippen LogP contribution in [0.5, 0.6) is 11.5 Å². The van der Waals surface area contributed by atoms with Gasteiger partial charge in [-0.15, -0.1) is 0 Å². The molecule has 0 aromatic heterocycles. The molecule has 1 aliphatic rings. The zero-order valence-corrected chi connectivity index (χ0v) is 8.75. The molecule has 1 atom stereocenters. The summed E-state index contributed by atoms with van der Waals surface area (Å²) in [4.78, 5) is 0. The van der Waals surface area contributed by atoms with Crippen molar-refractivity contribution in [3.8, 4) is 11.5 Å². The van der Waals surface area contributed by atoms with E-state index in [1.54, 1.807) is 0 Å². The molecule has 2 rings (SSSR count). The van der Waals surface area contributed by atoms with Crippen molar-refractivity contribution in [2.45, 2.75) is 26.2 Å². The molecule has 0 saturated heterocycles. The summed E-state index contributed by atoms with van der Waals surface area (Å²) in [5, 5.41) is 0. The van der Waals surface area contributed by atoms with Gasteiger partial charge in [0.05, 0.1) is 0 Å². The smallest absolute Gasteiger partial charge is 0.161 e. The van der Waals surface area contributed by atoms with Crippen LogP contribution in [0.2, 0.25) is 0 Å². The van der Waals surface area contributed by atoms with E-state index in [1.165, 1.54) is 5.56 Å². The van der Waals surface area contributed by atoms with Gasteiger partial charge in [-0.1, -0.05) is 19.9 Å². The summed E-state index contributed by atoms with van der Waals surface area (Å²) in [6, 6.07) is 6.24. The van der Waals surface area contributed by atoms with Gasteiger partial charge in [0.2, 0.25) is 0 Å². The monoisotopic (exact) mass is 192 g/mol. The van der Waals surface area contributed by atoms with E-state index in [-0.39, 0.29) is 0 Å². The molecule has 0 fully saturated rings. The van der Waals surface area contributed by atoms with Crippen LogP contribution in [0.25, 0.3) is 0 Å². The van der Waals surface area contributed by atoms with Crippen LogP contribution in [0.15, 0.2) is 18.2 Å². The van der Waals surface area contributed by atoms with E-state index < -0.39 is 0 Å². The lowest BCUT2D eigenvalue weighted by molar-refractivity contribution is 0.171. The minimum atomic E-state index is 0.589. The highest BCUT2D eigenvalue weighted by Gasteiger charge is 2.13.